The lowest BCUT2D eigenvalue weighted by Gasteiger charge is -2.19. The first-order valence-corrected chi connectivity index (χ1v) is 7.49. The Bertz CT molecular complexity index is 998. The van der Waals surface area contributed by atoms with Gasteiger partial charge >= 0.3 is 11.8 Å². The maximum atomic E-state index is 12.3. The van der Waals surface area contributed by atoms with Crippen LogP contribution in [0.1, 0.15) is 0 Å². The van der Waals surface area contributed by atoms with Gasteiger partial charge in [0.15, 0.2) is 11.5 Å². The molecule has 0 saturated carbocycles. The van der Waals surface area contributed by atoms with Crippen LogP contribution in [0.5, 0.6) is 0 Å². The number of hydroxylamine groups is 1. The second-order valence-electron chi connectivity index (χ2n) is 5.15. The number of nitrogen functional groups attached to an aromatic ring is 1. The van der Waals surface area contributed by atoms with Crippen molar-refractivity contribution in [1.29, 1.82) is 0 Å². The SMILES string of the molecule is COCCON(C(=O)O)c1cccc(-n2c(=O)[nH]c3c(N)ncnc32)c1. The number of amides is 1. The molecule has 2 aromatic heterocycles. The van der Waals surface area contributed by atoms with Gasteiger partial charge in [-0.05, 0) is 18.2 Å². The number of ether oxygens (including phenoxy) is 1. The third kappa shape index (κ3) is 3.20. The van der Waals surface area contributed by atoms with E-state index in [1.54, 1.807) is 12.1 Å². The van der Waals surface area contributed by atoms with Gasteiger partial charge in [-0.15, -0.1) is 0 Å². The predicted octanol–water partition coefficient (Wildman–Crippen LogP) is 0.753. The van der Waals surface area contributed by atoms with Crippen molar-refractivity contribution < 1.29 is 19.5 Å². The van der Waals surface area contributed by atoms with E-state index in [1.807, 2.05) is 0 Å². The molecule has 1 aromatic carbocycles. The zero-order valence-electron chi connectivity index (χ0n) is 13.7. The topological polar surface area (TPSA) is 149 Å². The number of carboxylic acid groups (broad SMARTS) is 1. The molecule has 11 nitrogen and oxygen atoms in total. The van der Waals surface area contributed by atoms with Gasteiger partial charge in [0.1, 0.15) is 11.8 Å². The molecule has 0 fully saturated rings. The van der Waals surface area contributed by atoms with E-state index in [-0.39, 0.29) is 30.4 Å². The van der Waals surface area contributed by atoms with Gasteiger partial charge in [-0.2, -0.15) is 5.06 Å². The molecule has 0 aliphatic rings. The molecule has 0 atom stereocenters. The van der Waals surface area contributed by atoms with Gasteiger partial charge in [-0.3, -0.25) is 4.84 Å². The summed E-state index contributed by atoms with van der Waals surface area (Å²) in [5.74, 6) is 0.136. The Morgan fingerprint density at radius 2 is 2.19 bits per heavy atom. The highest BCUT2D eigenvalue weighted by Crippen LogP contribution is 2.22. The maximum Gasteiger partial charge on any atom is 0.436 e. The quantitative estimate of drug-likeness (QED) is 0.431. The fourth-order valence-electron chi connectivity index (χ4n) is 2.39. The number of benzene rings is 1. The Labute approximate surface area is 146 Å². The van der Waals surface area contributed by atoms with Crippen LogP contribution in [0.15, 0.2) is 35.4 Å². The molecule has 0 bridgehead atoms. The lowest BCUT2D eigenvalue weighted by molar-refractivity contribution is 0.0538. The standard InChI is InChI=1S/C15H16N6O5/c1-25-5-6-26-21(15(23)24)10-4-2-3-9(7-10)20-13-11(19-14(20)22)12(16)17-8-18-13/h2-4,7-8H,5-6H2,1H3,(H,19,22)(H,23,24)(H2,16,17,18). The number of fused-ring (bicyclic) bond motifs is 1. The molecular weight excluding hydrogens is 344 g/mol. The maximum absolute atomic E-state index is 12.3. The monoisotopic (exact) mass is 360 g/mol. The van der Waals surface area contributed by atoms with Gasteiger partial charge in [-0.25, -0.2) is 24.1 Å². The third-order valence-corrected chi connectivity index (χ3v) is 3.51. The summed E-state index contributed by atoms with van der Waals surface area (Å²) < 4.78 is 6.12. The van der Waals surface area contributed by atoms with Gasteiger partial charge in [0, 0.05) is 7.11 Å². The van der Waals surface area contributed by atoms with Crippen molar-refractivity contribution >= 4 is 28.8 Å². The summed E-state index contributed by atoms with van der Waals surface area (Å²) in [6.45, 7) is 0.269. The Kier molecular flexibility index (Phi) is 4.82. The molecule has 3 rings (SSSR count). The highest BCUT2D eigenvalue weighted by atomic mass is 16.7. The number of nitrogens with one attached hydrogen (secondary N) is 1. The highest BCUT2D eigenvalue weighted by molar-refractivity contribution is 5.85. The number of rotatable bonds is 6. The summed E-state index contributed by atoms with van der Waals surface area (Å²) in [5, 5.41) is 10.1. The van der Waals surface area contributed by atoms with E-state index in [2.05, 4.69) is 15.0 Å². The van der Waals surface area contributed by atoms with E-state index >= 15 is 0 Å². The van der Waals surface area contributed by atoms with E-state index in [1.165, 1.54) is 30.1 Å². The van der Waals surface area contributed by atoms with E-state index in [0.29, 0.717) is 16.3 Å². The first kappa shape index (κ1) is 17.4. The number of nitrogens with zero attached hydrogens (tertiary/aromatic N) is 4. The molecular formula is C15H16N6O5. The summed E-state index contributed by atoms with van der Waals surface area (Å²) in [7, 11) is 1.48. The van der Waals surface area contributed by atoms with Crippen molar-refractivity contribution in [1.82, 2.24) is 19.5 Å². The number of anilines is 2. The minimum atomic E-state index is -1.31. The van der Waals surface area contributed by atoms with Crippen LogP contribution in [-0.2, 0) is 9.57 Å². The van der Waals surface area contributed by atoms with E-state index in [9.17, 15) is 14.7 Å². The minimum absolute atomic E-state index is 0.0455. The fourth-order valence-corrected chi connectivity index (χ4v) is 2.39. The second kappa shape index (κ2) is 7.21. The molecule has 0 aliphatic heterocycles. The molecule has 2 heterocycles. The largest absolute Gasteiger partial charge is 0.463 e. The molecule has 0 unspecified atom stereocenters. The Morgan fingerprint density at radius 1 is 1.38 bits per heavy atom. The lowest BCUT2D eigenvalue weighted by Crippen LogP contribution is -2.31. The third-order valence-electron chi connectivity index (χ3n) is 3.51. The number of hydrogen-bond donors (Lipinski definition) is 3. The fraction of sp³-hybridized carbons (Fsp3) is 0.200. The van der Waals surface area contributed by atoms with Crippen molar-refractivity contribution in [2.24, 2.45) is 0 Å². The normalized spacial score (nSPS) is 11.0. The van der Waals surface area contributed by atoms with Gasteiger partial charge in [0.25, 0.3) is 0 Å². The first-order chi connectivity index (χ1) is 12.5. The summed E-state index contributed by atoms with van der Waals surface area (Å²) in [5.41, 5.74) is 6.45. The minimum Gasteiger partial charge on any atom is -0.463 e. The predicted molar refractivity (Wildman–Crippen MR) is 92.2 cm³/mol. The van der Waals surface area contributed by atoms with Crippen LogP contribution in [0.3, 0.4) is 0 Å². The second-order valence-corrected chi connectivity index (χ2v) is 5.15. The summed E-state index contributed by atoms with van der Waals surface area (Å²) in [6.07, 6.45) is -0.0704. The number of imidazole rings is 1. The van der Waals surface area contributed by atoms with Crippen molar-refractivity contribution in [3.63, 3.8) is 0 Å². The number of carbonyl (C=O) groups is 1. The average molecular weight is 360 g/mol. The van der Waals surface area contributed by atoms with Crippen molar-refractivity contribution in [2.45, 2.75) is 0 Å². The smallest absolute Gasteiger partial charge is 0.436 e. The van der Waals surface area contributed by atoms with Crippen LogP contribution in [0.25, 0.3) is 16.9 Å². The Balaban J connectivity index is 2.05. The van der Waals surface area contributed by atoms with Crippen molar-refractivity contribution in [3.05, 3.63) is 41.1 Å². The molecule has 1 amide bonds. The Hall–Kier alpha value is -3.44. The molecule has 0 aliphatic carbocycles. The van der Waals surface area contributed by atoms with Gasteiger partial charge in [-0.1, -0.05) is 6.07 Å². The first-order valence-electron chi connectivity index (χ1n) is 7.49. The van der Waals surface area contributed by atoms with Gasteiger partial charge in [0.05, 0.1) is 24.6 Å². The zero-order valence-corrected chi connectivity index (χ0v) is 13.7. The van der Waals surface area contributed by atoms with Gasteiger partial charge in [0.2, 0.25) is 0 Å². The zero-order chi connectivity index (χ0) is 18.7. The highest BCUT2D eigenvalue weighted by Gasteiger charge is 2.18. The van der Waals surface area contributed by atoms with Crippen LogP contribution >= 0.6 is 0 Å². The van der Waals surface area contributed by atoms with Crippen molar-refractivity contribution in [2.75, 3.05) is 31.1 Å². The average Bonchev–Trinajstić information content (AvgIpc) is 2.96. The number of aromatic amines is 1. The van der Waals surface area contributed by atoms with Crippen LogP contribution in [0.2, 0.25) is 0 Å². The number of nitrogens with two attached hydrogens (primary N) is 1. The van der Waals surface area contributed by atoms with E-state index < -0.39 is 11.8 Å². The molecule has 3 aromatic rings. The van der Waals surface area contributed by atoms with Gasteiger partial charge < -0.3 is 20.6 Å². The number of H-pyrrole nitrogens is 1. The molecule has 136 valence electrons. The summed E-state index contributed by atoms with van der Waals surface area (Å²) >= 11 is 0. The Morgan fingerprint density at radius 3 is 2.92 bits per heavy atom. The van der Waals surface area contributed by atoms with Crippen LogP contribution in [0.4, 0.5) is 16.3 Å². The molecule has 0 saturated heterocycles. The number of aromatic nitrogens is 4. The molecule has 26 heavy (non-hydrogen) atoms. The summed E-state index contributed by atoms with van der Waals surface area (Å²) in [6, 6.07) is 6.24. The molecule has 0 radical (unpaired) electrons. The van der Waals surface area contributed by atoms with Crippen molar-refractivity contribution in [3.8, 4) is 5.69 Å². The van der Waals surface area contributed by atoms with E-state index in [0.717, 1.165) is 0 Å². The van der Waals surface area contributed by atoms with Crippen LogP contribution < -0.4 is 16.5 Å². The molecule has 0 spiro atoms. The molecule has 11 heteroatoms. The van der Waals surface area contributed by atoms with Crippen LogP contribution in [-0.4, -0.2) is 51.0 Å². The lowest BCUT2D eigenvalue weighted by atomic mass is 10.2. The van der Waals surface area contributed by atoms with Crippen LogP contribution in [0, 0.1) is 0 Å². The number of hydrogen-bond acceptors (Lipinski definition) is 7. The number of methoxy groups -OCH3 is 1. The molecule has 4 N–H and O–H groups in total. The summed E-state index contributed by atoms with van der Waals surface area (Å²) in [4.78, 5) is 39.5. The van der Waals surface area contributed by atoms with E-state index in [4.69, 9.17) is 15.3 Å².